The summed E-state index contributed by atoms with van der Waals surface area (Å²) >= 11 is 0. The standard InChI is InChI=1S/C16H23NO2/c1-16(2)10-18-14-5-3-4-13(15(14)19-11-16)12-6-8-17-9-7-12/h3-5,12,17H,6-11H2,1-2H3. The Bertz CT molecular complexity index is 450. The van der Waals surface area contributed by atoms with E-state index in [4.69, 9.17) is 9.47 Å². The molecule has 1 saturated heterocycles. The van der Waals surface area contributed by atoms with Crippen molar-refractivity contribution >= 4 is 0 Å². The normalized spacial score (nSPS) is 22.8. The van der Waals surface area contributed by atoms with Crippen molar-refractivity contribution in [2.24, 2.45) is 5.41 Å². The van der Waals surface area contributed by atoms with Gasteiger partial charge in [-0.05, 0) is 37.9 Å². The molecule has 0 unspecified atom stereocenters. The van der Waals surface area contributed by atoms with Crippen molar-refractivity contribution in [2.75, 3.05) is 26.3 Å². The minimum atomic E-state index is 0.0738. The lowest BCUT2D eigenvalue weighted by atomic mass is 9.89. The molecule has 0 aromatic heterocycles. The van der Waals surface area contributed by atoms with E-state index in [0.717, 1.165) is 37.8 Å². The minimum absolute atomic E-state index is 0.0738. The van der Waals surface area contributed by atoms with Gasteiger partial charge in [-0.1, -0.05) is 26.0 Å². The first-order valence-corrected chi connectivity index (χ1v) is 7.25. The van der Waals surface area contributed by atoms with Gasteiger partial charge in [0.25, 0.3) is 0 Å². The van der Waals surface area contributed by atoms with Crippen molar-refractivity contribution in [1.29, 1.82) is 0 Å². The molecule has 1 aromatic rings. The molecule has 1 aromatic carbocycles. The predicted octanol–water partition coefficient (Wildman–Crippen LogP) is 2.95. The third kappa shape index (κ3) is 2.71. The van der Waals surface area contributed by atoms with Gasteiger partial charge in [0.15, 0.2) is 11.5 Å². The van der Waals surface area contributed by atoms with Crippen molar-refractivity contribution in [3.8, 4) is 11.5 Å². The van der Waals surface area contributed by atoms with Crippen molar-refractivity contribution < 1.29 is 9.47 Å². The largest absolute Gasteiger partial charge is 0.489 e. The highest BCUT2D eigenvalue weighted by molar-refractivity contribution is 5.49. The lowest BCUT2D eigenvalue weighted by Gasteiger charge is -2.25. The third-order valence-corrected chi connectivity index (χ3v) is 4.01. The number of fused-ring (bicyclic) bond motifs is 1. The van der Waals surface area contributed by atoms with E-state index in [2.05, 4.69) is 31.3 Å². The van der Waals surface area contributed by atoms with Crippen LogP contribution in [0.2, 0.25) is 0 Å². The predicted molar refractivity (Wildman–Crippen MR) is 76.1 cm³/mol. The SMILES string of the molecule is CC1(C)COc2cccc(C3CCNCC3)c2OC1. The van der Waals surface area contributed by atoms with E-state index in [1.54, 1.807) is 0 Å². The van der Waals surface area contributed by atoms with Gasteiger partial charge in [0, 0.05) is 11.0 Å². The fraction of sp³-hybridized carbons (Fsp3) is 0.625. The molecule has 0 aliphatic carbocycles. The first-order chi connectivity index (χ1) is 9.16. The maximum absolute atomic E-state index is 6.10. The molecule has 0 atom stereocenters. The van der Waals surface area contributed by atoms with E-state index < -0.39 is 0 Å². The van der Waals surface area contributed by atoms with E-state index in [1.807, 2.05) is 6.07 Å². The number of hydrogen-bond acceptors (Lipinski definition) is 3. The highest BCUT2D eigenvalue weighted by atomic mass is 16.5. The molecule has 3 heteroatoms. The number of benzene rings is 1. The zero-order valence-corrected chi connectivity index (χ0v) is 11.9. The molecule has 19 heavy (non-hydrogen) atoms. The second-order valence-electron chi connectivity index (χ2n) is 6.44. The molecule has 0 saturated carbocycles. The van der Waals surface area contributed by atoms with Crippen molar-refractivity contribution in [3.63, 3.8) is 0 Å². The average molecular weight is 261 g/mol. The van der Waals surface area contributed by atoms with Gasteiger partial charge >= 0.3 is 0 Å². The van der Waals surface area contributed by atoms with Crippen LogP contribution in [-0.2, 0) is 0 Å². The van der Waals surface area contributed by atoms with Gasteiger partial charge in [-0.25, -0.2) is 0 Å². The van der Waals surface area contributed by atoms with E-state index in [0.29, 0.717) is 5.92 Å². The van der Waals surface area contributed by atoms with Crippen LogP contribution in [0.4, 0.5) is 0 Å². The maximum atomic E-state index is 6.10. The summed E-state index contributed by atoms with van der Waals surface area (Å²) in [5.74, 6) is 2.50. The van der Waals surface area contributed by atoms with Gasteiger partial charge in [0.05, 0.1) is 13.2 Å². The highest BCUT2D eigenvalue weighted by Gasteiger charge is 2.28. The quantitative estimate of drug-likeness (QED) is 0.843. The zero-order chi connectivity index (χ0) is 13.3. The fourth-order valence-electron chi connectivity index (χ4n) is 2.84. The van der Waals surface area contributed by atoms with Crippen LogP contribution in [0.5, 0.6) is 11.5 Å². The molecular weight excluding hydrogens is 238 g/mol. The lowest BCUT2D eigenvalue weighted by molar-refractivity contribution is 0.139. The van der Waals surface area contributed by atoms with E-state index in [9.17, 15) is 0 Å². The topological polar surface area (TPSA) is 30.5 Å². The molecule has 1 fully saturated rings. The van der Waals surface area contributed by atoms with E-state index in [-0.39, 0.29) is 5.41 Å². The maximum Gasteiger partial charge on any atom is 0.164 e. The first kappa shape index (κ1) is 12.8. The van der Waals surface area contributed by atoms with Crippen LogP contribution in [0.25, 0.3) is 0 Å². The molecule has 0 radical (unpaired) electrons. The Hall–Kier alpha value is -1.22. The van der Waals surface area contributed by atoms with E-state index in [1.165, 1.54) is 18.4 Å². The minimum Gasteiger partial charge on any atom is -0.489 e. The Labute approximate surface area is 115 Å². The molecule has 2 heterocycles. The molecule has 3 nitrogen and oxygen atoms in total. The Morgan fingerprint density at radius 2 is 1.84 bits per heavy atom. The summed E-state index contributed by atoms with van der Waals surface area (Å²) in [6.07, 6.45) is 2.37. The van der Waals surface area contributed by atoms with Gasteiger partial charge in [0.2, 0.25) is 0 Å². The van der Waals surface area contributed by atoms with Crippen LogP contribution >= 0.6 is 0 Å². The van der Waals surface area contributed by atoms with Crippen molar-refractivity contribution in [1.82, 2.24) is 5.32 Å². The van der Waals surface area contributed by atoms with Gasteiger partial charge < -0.3 is 14.8 Å². The van der Waals surface area contributed by atoms with Crippen LogP contribution in [-0.4, -0.2) is 26.3 Å². The molecule has 0 spiro atoms. The molecule has 2 aliphatic rings. The van der Waals surface area contributed by atoms with Gasteiger partial charge in [-0.3, -0.25) is 0 Å². The van der Waals surface area contributed by atoms with Gasteiger partial charge in [-0.15, -0.1) is 0 Å². The first-order valence-electron chi connectivity index (χ1n) is 7.25. The summed E-state index contributed by atoms with van der Waals surface area (Å²) in [7, 11) is 0. The Balaban J connectivity index is 1.91. The third-order valence-electron chi connectivity index (χ3n) is 4.01. The number of rotatable bonds is 1. The molecule has 3 rings (SSSR count). The van der Waals surface area contributed by atoms with Gasteiger partial charge in [-0.2, -0.15) is 0 Å². The number of ether oxygens (including phenoxy) is 2. The highest BCUT2D eigenvalue weighted by Crippen LogP contribution is 2.41. The number of para-hydroxylation sites is 1. The van der Waals surface area contributed by atoms with Crippen LogP contribution in [0.15, 0.2) is 18.2 Å². The second-order valence-corrected chi connectivity index (χ2v) is 6.44. The summed E-state index contributed by atoms with van der Waals surface area (Å²) in [6.45, 7) is 8.01. The van der Waals surface area contributed by atoms with E-state index >= 15 is 0 Å². The van der Waals surface area contributed by atoms with Crippen LogP contribution < -0.4 is 14.8 Å². The fourth-order valence-corrected chi connectivity index (χ4v) is 2.84. The second kappa shape index (κ2) is 5.04. The Morgan fingerprint density at radius 1 is 1.11 bits per heavy atom. The Kier molecular flexibility index (Phi) is 3.40. The zero-order valence-electron chi connectivity index (χ0n) is 11.9. The average Bonchev–Trinajstić information content (AvgIpc) is 2.59. The van der Waals surface area contributed by atoms with Crippen LogP contribution in [0.1, 0.15) is 38.2 Å². The summed E-state index contributed by atoms with van der Waals surface area (Å²) in [5, 5.41) is 3.42. The molecule has 1 N–H and O–H groups in total. The molecule has 2 aliphatic heterocycles. The van der Waals surface area contributed by atoms with Crippen molar-refractivity contribution in [2.45, 2.75) is 32.6 Å². The van der Waals surface area contributed by atoms with Gasteiger partial charge in [0.1, 0.15) is 0 Å². The number of hydrogen-bond donors (Lipinski definition) is 1. The Morgan fingerprint density at radius 3 is 2.63 bits per heavy atom. The molecular formula is C16H23NO2. The van der Waals surface area contributed by atoms with Crippen LogP contribution in [0, 0.1) is 5.41 Å². The molecule has 0 bridgehead atoms. The summed E-state index contributed by atoms with van der Waals surface area (Å²) in [6, 6.07) is 6.33. The summed E-state index contributed by atoms with van der Waals surface area (Å²) < 4.78 is 12.1. The molecule has 0 amide bonds. The summed E-state index contributed by atoms with van der Waals surface area (Å²) in [5.41, 5.74) is 1.40. The molecule has 104 valence electrons. The smallest absolute Gasteiger partial charge is 0.164 e. The number of nitrogens with one attached hydrogen (secondary N) is 1. The van der Waals surface area contributed by atoms with Crippen molar-refractivity contribution in [3.05, 3.63) is 23.8 Å². The monoisotopic (exact) mass is 261 g/mol. The van der Waals surface area contributed by atoms with Crippen LogP contribution in [0.3, 0.4) is 0 Å². The number of piperidine rings is 1. The lowest BCUT2D eigenvalue weighted by Crippen LogP contribution is -2.27. The summed E-state index contributed by atoms with van der Waals surface area (Å²) in [4.78, 5) is 0.